The number of hydrogen-bond acceptors (Lipinski definition) is 4. The predicted molar refractivity (Wildman–Crippen MR) is 106 cm³/mol. The molecule has 0 aromatic rings. The topological polar surface area (TPSA) is 105 Å². The van der Waals surface area contributed by atoms with Gasteiger partial charge in [-0.15, -0.1) is 0 Å². The van der Waals surface area contributed by atoms with Crippen molar-refractivity contribution in [1.82, 2.24) is 10.6 Å². The van der Waals surface area contributed by atoms with Gasteiger partial charge in [0.1, 0.15) is 6.04 Å². The average molecular weight is 397 g/mol. The highest BCUT2D eigenvalue weighted by Gasteiger charge is 2.31. The second-order valence-corrected chi connectivity index (χ2v) is 9.19. The monoisotopic (exact) mass is 396 g/mol. The Morgan fingerprint density at radius 3 is 2.07 bits per heavy atom. The summed E-state index contributed by atoms with van der Waals surface area (Å²) in [5, 5.41) is 15.2. The fourth-order valence-corrected chi connectivity index (χ4v) is 4.04. The smallest absolute Gasteiger partial charge is 0.326 e. The number of carboxylic acids is 1. The van der Waals surface area contributed by atoms with E-state index in [0.29, 0.717) is 12.8 Å². The van der Waals surface area contributed by atoms with E-state index in [1.807, 2.05) is 20.8 Å². The first kappa shape index (κ1) is 22.7. The second kappa shape index (κ2) is 10.2. The van der Waals surface area contributed by atoms with Gasteiger partial charge in [-0.3, -0.25) is 9.59 Å². The van der Waals surface area contributed by atoms with Crippen LogP contribution in [0.15, 0.2) is 0 Å². The van der Waals surface area contributed by atoms with Crippen molar-refractivity contribution in [2.24, 2.45) is 11.8 Å². The van der Waals surface area contributed by atoms with E-state index in [4.69, 9.17) is 4.74 Å². The van der Waals surface area contributed by atoms with Gasteiger partial charge >= 0.3 is 5.97 Å². The summed E-state index contributed by atoms with van der Waals surface area (Å²) in [6.45, 7) is 6.00. The van der Waals surface area contributed by atoms with Crippen LogP contribution in [0, 0.1) is 11.8 Å². The summed E-state index contributed by atoms with van der Waals surface area (Å²) in [6, 6.07) is -0.803. The van der Waals surface area contributed by atoms with Gasteiger partial charge in [-0.1, -0.05) is 12.8 Å². The molecule has 1 unspecified atom stereocenters. The molecule has 2 amide bonds. The van der Waals surface area contributed by atoms with Gasteiger partial charge in [-0.05, 0) is 59.3 Å². The van der Waals surface area contributed by atoms with E-state index in [2.05, 4.69) is 10.6 Å². The molecule has 1 atom stereocenters. The zero-order chi connectivity index (χ0) is 20.7. The van der Waals surface area contributed by atoms with Crippen molar-refractivity contribution in [3.05, 3.63) is 0 Å². The molecule has 0 aliphatic heterocycles. The summed E-state index contributed by atoms with van der Waals surface area (Å²) in [5.41, 5.74) is -0.339. The van der Waals surface area contributed by atoms with Crippen molar-refractivity contribution in [3.63, 3.8) is 0 Å². The van der Waals surface area contributed by atoms with Crippen LogP contribution in [0.3, 0.4) is 0 Å². The Bertz CT molecular complexity index is 543. The molecular formula is C21H36N2O5. The molecule has 0 aromatic heterocycles. The molecule has 0 spiro atoms. The van der Waals surface area contributed by atoms with Gasteiger partial charge in [0.05, 0.1) is 5.60 Å². The SMILES string of the molecule is CC(C)(C)OCCC(NC(=O)C1CCC(NC(=O)C2CCCC2)CC1)C(=O)O. The lowest BCUT2D eigenvalue weighted by molar-refractivity contribution is -0.143. The van der Waals surface area contributed by atoms with Crippen LogP contribution in [0.2, 0.25) is 0 Å². The van der Waals surface area contributed by atoms with Crippen LogP contribution in [0.4, 0.5) is 0 Å². The highest BCUT2D eigenvalue weighted by atomic mass is 16.5. The van der Waals surface area contributed by atoms with Crippen molar-refractivity contribution in [3.8, 4) is 0 Å². The molecule has 0 heterocycles. The van der Waals surface area contributed by atoms with Gasteiger partial charge in [0.15, 0.2) is 0 Å². The zero-order valence-corrected chi connectivity index (χ0v) is 17.5. The first-order chi connectivity index (χ1) is 13.2. The molecule has 2 fully saturated rings. The summed E-state index contributed by atoms with van der Waals surface area (Å²) in [5.74, 6) is -1.11. The number of carboxylic acid groups (broad SMARTS) is 1. The molecule has 2 aliphatic carbocycles. The molecular weight excluding hydrogens is 360 g/mol. The van der Waals surface area contributed by atoms with Gasteiger partial charge in [0.25, 0.3) is 0 Å². The van der Waals surface area contributed by atoms with E-state index in [1.54, 1.807) is 0 Å². The van der Waals surface area contributed by atoms with Crippen molar-refractivity contribution < 1.29 is 24.2 Å². The van der Waals surface area contributed by atoms with Crippen LogP contribution in [0.1, 0.15) is 78.6 Å². The molecule has 28 heavy (non-hydrogen) atoms. The number of carbonyl (C=O) groups is 3. The molecule has 0 saturated heterocycles. The lowest BCUT2D eigenvalue weighted by Gasteiger charge is -2.30. The summed E-state index contributed by atoms with van der Waals surface area (Å²) in [7, 11) is 0. The Kier molecular flexibility index (Phi) is 8.28. The highest BCUT2D eigenvalue weighted by Crippen LogP contribution is 2.28. The van der Waals surface area contributed by atoms with Crippen LogP contribution in [-0.4, -0.2) is 47.2 Å². The zero-order valence-electron chi connectivity index (χ0n) is 17.5. The summed E-state index contributed by atoms with van der Waals surface area (Å²) >= 11 is 0. The molecule has 2 saturated carbocycles. The van der Waals surface area contributed by atoms with E-state index in [-0.39, 0.29) is 48.3 Å². The number of hydrogen-bond donors (Lipinski definition) is 3. The standard InChI is InChI=1S/C21H36N2O5/c1-21(2,3)28-13-12-17(20(26)27)23-19(25)15-8-10-16(11-9-15)22-18(24)14-6-4-5-7-14/h14-17H,4-13H2,1-3H3,(H,22,24)(H,23,25)(H,26,27). The lowest BCUT2D eigenvalue weighted by atomic mass is 9.85. The number of amides is 2. The Labute approximate surface area is 168 Å². The minimum atomic E-state index is -1.04. The van der Waals surface area contributed by atoms with Crippen LogP contribution in [-0.2, 0) is 19.1 Å². The maximum atomic E-state index is 12.5. The first-order valence-electron chi connectivity index (χ1n) is 10.6. The van der Waals surface area contributed by atoms with Gasteiger partial charge in [0.2, 0.25) is 11.8 Å². The second-order valence-electron chi connectivity index (χ2n) is 9.19. The molecule has 160 valence electrons. The van der Waals surface area contributed by atoms with E-state index in [1.165, 1.54) is 0 Å². The molecule has 7 heteroatoms. The molecule has 3 N–H and O–H groups in total. The Morgan fingerprint density at radius 2 is 1.54 bits per heavy atom. The minimum Gasteiger partial charge on any atom is -0.480 e. The van der Waals surface area contributed by atoms with E-state index >= 15 is 0 Å². The van der Waals surface area contributed by atoms with Gasteiger partial charge in [-0.25, -0.2) is 4.79 Å². The Balaban J connectivity index is 1.73. The summed E-state index contributed by atoms with van der Waals surface area (Å²) in [4.78, 5) is 36.2. The molecule has 0 bridgehead atoms. The normalized spacial score (nSPS) is 24.5. The fraction of sp³-hybridized carbons (Fsp3) is 0.857. The summed E-state index contributed by atoms with van der Waals surface area (Å²) < 4.78 is 5.58. The summed E-state index contributed by atoms with van der Waals surface area (Å²) in [6.07, 6.45) is 7.36. The number of ether oxygens (including phenoxy) is 1. The van der Waals surface area contributed by atoms with Gasteiger partial charge in [0, 0.05) is 30.9 Å². The third-order valence-electron chi connectivity index (χ3n) is 5.73. The van der Waals surface area contributed by atoms with Crippen LogP contribution in [0.25, 0.3) is 0 Å². The van der Waals surface area contributed by atoms with Crippen LogP contribution < -0.4 is 10.6 Å². The predicted octanol–water partition coefficient (Wildman–Crippen LogP) is 2.63. The maximum absolute atomic E-state index is 12.5. The van der Waals surface area contributed by atoms with Crippen LogP contribution in [0.5, 0.6) is 0 Å². The Morgan fingerprint density at radius 1 is 0.964 bits per heavy atom. The Hall–Kier alpha value is -1.63. The van der Waals surface area contributed by atoms with E-state index < -0.39 is 12.0 Å². The molecule has 2 rings (SSSR count). The first-order valence-corrected chi connectivity index (χ1v) is 10.6. The van der Waals surface area contributed by atoms with Crippen molar-refractivity contribution in [2.45, 2.75) is 96.2 Å². The van der Waals surface area contributed by atoms with Gasteiger partial charge < -0.3 is 20.5 Å². The van der Waals surface area contributed by atoms with Crippen LogP contribution >= 0.6 is 0 Å². The van der Waals surface area contributed by atoms with E-state index in [9.17, 15) is 19.5 Å². The van der Waals surface area contributed by atoms with Crippen molar-refractivity contribution >= 4 is 17.8 Å². The maximum Gasteiger partial charge on any atom is 0.326 e. The molecule has 0 radical (unpaired) electrons. The fourth-order valence-electron chi connectivity index (χ4n) is 4.04. The molecule has 2 aliphatic rings. The largest absolute Gasteiger partial charge is 0.480 e. The van der Waals surface area contributed by atoms with Gasteiger partial charge in [-0.2, -0.15) is 0 Å². The average Bonchev–Trinajstić information content (AvgIpc) is 3.15. The molecule has 7 nitrogen and oxygen atoms in total. The number of nitrogens with one attached hydrogen (secondary N) is 2. The minimum absolute atomic E-state index is 0.132. The number of carbonyl (C=O) groups excluding carboxylic acids is 2. The molecule has 0 aromatic carbocycles. The highest BCUT2D eigenvalue weighted by molar-refractivity contribution is 5.85. The number of aliphatic carboxylic acids is 1. The van der Waals surface area contributed by atoms with Crippen molar-refractivity contribution in [2.75, 3.05) is 6.61 Å². The number of rotatable bonds is 8. The van der Waals surface area contributed by atoms with E-state index in [0.717, 1.165) is 38.5 Å². The third kappa shape index (κ3) is 7.41. The quantitative estimate of drug-likeness (QED) is 0.585. The lowest BCUT2D eigenvalue weighted by Crippen LogP contribution is -2.47. The third-order valence-corrected chi connectivity index (χ3v) is 5.73. The van der Waals surface area contributed by atoms with Crippen molar-refractivity contribution in [1.29, 1.82) is 0 Å².